The van der Waals surface area contributed by atoms with Crippen LogP contribution in [0.2, 0.25) is 0 Å². The highest BCUT2D eigenvalue weighted by molar-refractivity contribution is 5.30. The second kappa shape index (κ2) is 4.73. The van der Waals surface area contributed by atoms with Gasteiger partial charge in [-0.25, -0.2) is 4.98 Å². The molecule has 0 atom stereocenters. The molecule has 0 unspecified atom stereocenters. The zero-order valence-electron chi connectivity index (χ0n) is 9.58. The van der Waals surface area contributed by atoms with E-state index in [1.165, 1.54) is 0 Å². The molecule has 0 radical (unpaired) electrons. The van der Waals surface area contributed by atoms with Crippen molar-refractivity contribution in [3.63, 3.8) is 0 Å². The van der Waals surface area contributed by atoms with Crippen molar-refractivity contribution in [1.82, 2.24) is 30.2 Å². The van der Waals surface area contributed by atoms with Crippen molar-refractivity contribution in [1.29, 1.82) is 0 Å². The molecule has 2 aromatic heterocycles. The van der Waals surface area contributed by atoms with Crippen LogP contribution in [0.4, 0.5) is 5.82 Å². The number of hydrogen-bond donors (Lipinski definition) is 2. The largest absolute Gasteiger partial charge is 0.358 e. The number of nitrogens with one attached hydrogen (secondary N) is 2. The van der Waals surface area contributed by atoms with Gasteiger partial charge < -0.3 is 9.88 Å². The number of aromatic amines is 1. The number of anilines is 1. The molecule has 0 aromatic carbocycles. The number of rotatable bonds is 4. The molecule has 0 aliphatic heterocycles. The Morgan fingerprint density at radius 1 is 1.53 bits per heavy atom. The number of tetrazole rings is 1. The van der Waals surface area contributed by atoms with Gasteiger partial charge in [0.2, 0.25) is 0 Å². The molecule has 0 fully saturated rings. The van der Waals surface area contributed by atoms with Crippen LogP contribution in [0.3, 0.4) is 0 Å². The molecule has 2 heterocycles. The number of aromatic nitrogens is 6. The smallest absolute Gasteiger partial charge is 0.293 e. The zero-order chi connectivity index (χ0) is 12.3. The van der Waals surface area contributed by atoms with E-state index in [4.69, 9.17) is 0 Å². The van der Waals surface area contributed by atoms with Gasteiger partial charge in [-0.2, -0.15) is 5.21 Å². The molecule has 0 saturated heterocycles. The quantitative estimate of drug-likeness (QED) is 0.770. The first-order chi connectivity index (χ1) is 8.18. The van der Waals surface area contributed by atoms with Crippen LogP contribution < -0.4 is 10.9 Å². The Morgan fingerprint density at radius 3 is 3.00 bits per heavy atom. The van der Waals surface area contributed by atoms with Gasteiger partial charge in [0.15, 0.2) is 11.6 Å². The molecule has 2 aromatic rings. The van der Waals surface area contributed by atoms with E-state index in [1.807, 2.05) is 13.8 Å². The lowest BCUT2D eigenvalue weighted by Crippen LogP contribution is -2.25. The molecule has 0 aliphatic rings. The van der Waals surface area contributed by atoms with E-state index >= 15 is 0 Å². The Kier molecular flexibility index (Phi) is 3.12. The molecule has 2 N–H and O–H groups in total. The fourth-order valence-corrected chi connectivity index (χ4v) is 1.37. The highest BCUT2D eigenvalue weighted by Crippen LogP contribution is 2.01. The summed E-state index contributed by atoms with van der Waals surface area (Å²) in [6.45, 7) is 4.18. The van der Waals surface area contributed by atoms with Gasteiger partial charge in [-0.15, -0.1) is 10.2 Å². The molecule has 0 spiro atoms. The maximum Gasteiger partial charge on any atom is 0.293 e. The van der Waals surface area contributed by atoms with Crippen molar-refractivity contribution < 1.29 is 0 Å². The second-order valence-corrected chi connectivity index (χ2v) is 3.76. The van der Waals surface area contributed by atoms with Gasteiger partial charge in [-0.3, -0.25) is 4.79 Å². The Hall–Kier alpha value is -2.25. The Balaban J connectivity index is 2.16. The fraction of sp³-hybridized carbons (Fsp3) is 0.444. The summed E-state index contributed by atoms with van der Waals surface area (Å²) in [4.78, 5) is 15.9. The maximum atomic E-state index is 11.9. The van der Waals surface area contributed by atoms with Gasteiger partial charge in [-0.1, -0.05) is 5.21 Å². The summed E-state index contributed by atoms with van der Waals surface area (Å²) in [5.41, 5.74) is -0.161. The topological polar surface area (TPSA) is 101 Å². The molecule has 0 aliphatic carbocycles. The average Bonchev–Trinajstić information content (AvgIpc) is 2.80. The van der Waals surface area contributed by atoms with E-state index in [0.29, 0.717) is 12.4 Å². The van der Waals surface area contributed by atoms with Crippen LogP contribution in [0.15, 0.2) is 17.2 Å². The summed E-state index contributed by atoms with van der Waals surface area (Å²) in [7, 11) is 0. The number of hydrogen-bond acceptors (Lipinski definition) is 6. The van der Waals surface area contributed by atoms with Gasteiger partial charge in [-0.05, 0) is 13.8 Å². The van der Waals surface area contributed by atoms with Crippen molar-refractivity contribution in [2.45, 2.75) is 26.4 Å². The van der Waals surface area contributed by atoms with E-state index in [0.717, 1.165) is 0 Å². The molecule has 0 bridgehead atoms. The zero-order valence-corrected chi connectivity index (χ0v) is 9.58. The van der Waals surface area contributed by atoms with Crippen LogP contribution in [0.25, 0.3) is 0 Å². The van der Waals surface area contributed by atoms with Crippen molar-refractivity contribution >= 4 is 5.82 Å². The SMILES string of the molecule is CC(C)n1ccnc(NCc2nn[nH]n2)c1=O. The highest BCUT2D eigenvalue weighted by Gasteiger charge is 2.07. The van der Waals surface area contributed by atoms with E-state index in [9.17, 15) is 4.79 Å². The summed E-state index contributed by atoms with van der Waals surface area (Å²) >= 11 is 0. The standard InChI is InChI=1S/C9H13N7O/c1-6(2)16-4-3-10-8(9(16)17)11-5-7-12-14-15-13-7/h3-4,6H,5H2,1-2H3,(H,10,11)(H,12,13,14,15). The first-order valence-corrected chi connectivity index (χ1v) is 5.22. The minimum atomic E-state index is -0.161. The minimum absolute atomic E-state index is 0.0937. The third-order valence-electron chi connectivity index (χ3n) is 2.23. The predicted molar refractivity (Wildman–Crippen MR) is 60.4 cm³/mol. The fourth-order valence-electron chi connectivity index (χ4n) is 1.37. The lowest BCUT2D eigenvalue weighted by atomic mass is 10.4. The number of H-pyrrole nitrogens is 1. The maximum absolute atomic E-state index is 11.9. The summed E-state index contributed by atoms with van der Waals surface area (Å²) in [6, 6.07) is 0.0937. The minimum Gasteiger partial charge on any atom is -0.358 e. The Morgan fingerprint density at radius 2 is 2.35 bits per heavy atom. The van der Waals surface area contributed by atoms with Crippen LogP contribution in [-0.2, 0) is 6.54 Å². The van der Waals surface area contributed by atoms with Crippen LogP contribution in [0.1, 0.15) is 25.7 Å². The van der Waals surface area contributed by atoms with Gasteiger partial charge in [0.25, 0.3) is 5.56 Å². The van der Waals surface area contributed by atoms with Crippen LogP contribution >= 0.6 is 0 Å². The second-order valence-electron chi connectivity index (χ2n) is 3.76. The van der Waals surface area contributed by atoms with E-state index < -0.39 is 0 Å². The molecule has 90 valence electrons. The summed E-state index contributed by atoms with van der Waals surface area (Å²) < 4.78 is 1.60. The molecule has 0 amide bonds. The molecule has 8 heteroatoms. The molecule has 17 heavy (non-hydrogen) atoms. The van der Waals surface area contributed by atoms with Gasteiger partial charge in [0.1, 0.15) is 0 Å². The average molecular weight is 235 g/mol. The monoisotopic (exact) mass is 235 g/mol. The van der Waals surface area contributed by atoms with Gasteiger partial charge in [0.05, 0.1) is 6.54 Å². The van der Waals surface area contributed by atoms with Crippen molar-refractivity contribution in [2.75, 3.05) is 5.32 Å². The van der Waals surface area contributed by atoms with Crippen LogP contribution in [0.5, 0.6) is 0 Å². The molecular formula is C9H13N7O. The van der Waals surface area contributed by atoms with E-state index in [-0.39, 0.29) is 17.4 Å². The first kappa shape index (κ1) is 11.2. The molecule has 2 rings (SSSR count). The molecule has 0 saturated carbocycles. The predicted octanol–water partition coefficient (Wildman–Crippen LogP) is -0.0506. The van der Waals surface area contributed by atoms with Gasteiger partial charge >= 0.3 is 0 Å². The van der Waals surface area contributed by atoms with Crippen molar-refractivity contribution in [3.8, 4) is 0 Å². The van der Waals surface area contributed by atoms with Crippen LogP contribution in [-0.4, -0.2) is 30.2 Å². The Labute approximate surface area is 97.1 Å². The third kappa shape index (κ3) is 2.47. The number of nitrogens with zero attached hydrogens (tertiary/aromatic N) is 5. The lowest BCUT2D eigenvalue weighted by molar-refractivity contribution is 0.575. The lowest BCUT2D eigenvalue weighted by Gasteiger charge is -2.10. The van der Waals surface area contributed by atoms with E-state index in [2.05, 4.69) is 30.9 Å². The summed E-state index contributed by atoms with van der Waals surface area (Å²) in [5, 5.41) is 16.2. The Bertz CT molecular complexity index is 531. The van der Waals surface area contributed by atoms with E-state index in [1.54, 1.807) is 17.0 Å². The third-order valence-corrected chi connectivity index (χ3v) is 2.23. The first-order valence-electron chi connectivity index (χ1n) is 5.22. The highest BCUT2D eigenvalue weighted by atomic mass is 16.1. The van der Waals surface area contributed by atoms with Crippen molar-refractivity contribution in [3.05, 3.63) is 28.6 Å². The molecular weight excluding hydrogens is 222 g/mol. The summed E-state index contributed by atoms with van der Waals surface area (Å²) in [5.74, 6) is 0.761. The van der Waals surface area contributed by atoms with Crippen LogP contribution in [0, 0.1) is 0 Å². The van der Waals surface area contributed by atoms with Crippen molar-refractivity contribution in [2.24, 2.45) is 0 Å². The summed E-state index contributed by atoms with van der Waals surface area (Å²) in [6.07, 6.45) is 3.24. The molecule has 8 nitrogen and oxygen atoms in total. The normalized spacial score (nSPS) is 10.8. The van der Waals surface area contributed by atoms with Gasteiger partial charge in [0, 0.05) is 18.4 Å².